The summed E-state index contributed by atoms with van der Waals surface area (Å²) < 4.78 is 0. The monoisotopic (exact) mass is 239 g/mol. The molecule has 1 aliphatic carbocycles. The molecule has 0 aromatic carbocycles. The van der Waals surface area contributed by atoms with Crippen LogP contribution in [-0.2, 0) is 0 Å². The van der Waals surface area contributed by atoms with Crippen molar-refractivity contribution in [2.24, 2.45) is 10.9 Å². The number of carbonyl (C=O) groups is 1. The van der Waals surface area contributed by atoms with Gasteiger partial charge in [-0.15, -0.1) is 0 Å². The van der Waals surface area contributed by atoms with Crippen LogP contribution in [0.5, 0.6) is 0 Å². The predicted octanol–water partition coefficient (Wildman–Crippen LogP) is 2.09. The Morgan fingerprint density at radius 3 is 2.94 bits per heavy atom. The minimum Gasteiger partial charge on any atom is -0.315 e. The fourth-order valence-corrected chi connectivity index (χ4v) is 2.68. The van der Waals surface area contributed by atoms with Gasteiger partial charge in [-0.2, -0.15) is 0 Å². The van der Waals surface area contributed by atoms with E-state index in [0.29, 0.717) is 5.92 Å². The van der Waals surface area contributed by atoms with Crippen LogP contribution in [0.25, 0.3) is 0 Å². The van der Waals surface area contributed by atoms with Gasteiger partial charge in [-0.3, -0.25) is 10.3 Å². The molecule has 0 saturated heterocycles. The Morgan fingerprint density at radius 2 is 2.25 bits per heavy atom. The highest BCUT2D eigenvalue weighted by Crippen LogP contribution is 2.25. The summed E-state index contributed by atoms with van der Waals surface area (Å²) in [6.45, 7) is 0.804. The largest absolute Gasteiger partial charge is 0.324 e. The average Bonchev–Trinajstić information content (AvgIpc) is 2.90. The minimum atomic E-state index is -0.192. The van der Waals surface area contributed by atoms with Gasteiger partial charge in [0.1, 0.15) is 0 Å². The SMILES string of the molecule is O=C(N/C=C/C1CCCC1)NC1=NCCS1. The van der Waals surface area contributed by atoms with E-state index in [-0.39, 0.29) is 6.03 Å². The summed E-state index contributed by atoms with van der Waals surface area (Å²) in [5, 5.41) is 6.16. The lowest BCUT2D eigenvalue weighted by Crippen LogP contribution is -2.34. The first-order valence-corrected chi connectivity index (χ1v) is 6.74. The molecule has 0 atom stereocenters. The normalized spacial score (nSPS) is 21.4. The second-order valence-electron chi connectivity index (χ2n) is 4.04. The zero-order chi connectivity index (χ0) is 11.2. The summed E-state index contributed by atoms with van der Waals surface area (Å²) in [6, 6.07) is -0.192. The lowest BCUT2D eigenvalue weighted by Gasteiger charge is -2.04. The van der Waals surface area contributed by atoms with Gasteiger partial charge in [-0.25, -0.2) is 4.79 Å². The molecule has 0 radical (unpaired) electrons. The first-order chi connectivity index (χ1) is 7.84. The van der Waals surface area contributed by atoms with Crippen LogP contribution in [0, 0.1) is 5.92 Å². The number of rotatable bonds is 2. The molecule has 4 nitrogen and oxygen atoms in total. The van der Waals surface area contributed by atoms with Crippen LogP contribution in [-0.4, -0.2) is 23.5 Å². The smallest absolute Gasteiger partial charge is 0.315 e. The summed E-state index contributed by atoms with van der Waals surface area (Å²) in [5.41, 5.74) is 0. The highest BCUT2D eigenvalue weighted by atomic mass is 32.2. The third kappa shape index (κ3) is 3.56. The third-order valence-electron chi connectivity index (χ3n) is 2.79. The van der Waals surface area contributed by atoms with E-state index in [4.69, 9.17) is 0 Å². The first-order valence-electron chi connectivity index (χ1n) is 5.76. The van der Waals surface area contributed by atoms with Crippen LogP contribution >= 0.6 is 11.8 Å². The van der Waals surface area contributed by atoms with Gasteiger partial charge in [0, 0.05) is 12.0 Å². The highest BCUT2D eigenvalue weighted by molar-refractivity contribution is 8.14. The van der Waals surface area contributed by atoms with Crippen molar-refractivity contribution >= 4 is 23.0 Å². The standard InChI is InChI=1S/C11H17N3OS/c15-10(14-11-13-7-8-16-11)12-6-5-9-3-1-2-4-9/h5-6,9H,1-4,7-8H2,(H2,12,13,14,15)/b6-5+. The molecule has 2 aliphatic rings. The van der Waals surface area contributed by atoms with E-state index in [1.807, 2.05) is 0 Å². The Kier molecular flexibility index (Phi) is 4.27. The summed E-state index contributed by atoms with van der Waals surface area (Å²) in [4.78, 5) is 15.5. The molecule has 2 amide bonds. The molecule has 0 aromatic rings. The number of carbonyl (C=O) groups excluding carboxylic acids is 1. The second-order valence-corrected chi connectivity index (χ2v) is 5.12. The van der Waals surface area contributed by atoms with E-state index in [1.54, 1.807) is 18.0 Å². The van der Waals surface area contributed by atoms with Crippen molar-refractivity contribution in [2.75, 3.05) is 12.3 Å². The molecule has 1 aliphatic heterocycles. The molecule has 0 bridgehead atoms. The molecule has 0 aromatic heterocycles. The van der Waals surface area contributed by atoms with Gasteiger partial charge in [0.05, 0.1) is 6.54 Å². The number of nitrogens with one attached hydrogen (secondary N) is 2. The number of aliphatic imine (C=N–C) groups is 1. The van der Waals surface area contributed by atoms with E-state index in [9.17, 15) is 4.79 Å². The van der Waals surface area contributed by atoms with E-state index < -0.39 is 0 Å². The van der Waals surface area contributed by atoms with Gasteiger partial charge < -0.3 is 5.32 Å². The van der Waals surface area contributed by atoms with Crippen molar-refractivity contribution in [1.82, 2.24) is 10.6 Å². The Balaban J connectivity index is 1.66. The molecule has 1 heterocycles. The van der Waals surface area contributed by atoms with Crippen LogP contribution < -0.4 is 10.6 Å². The zero-order valence-corrected chi connectivity index (χ0v) is 10.1. The van der Waals surface area contributed by atoms with Crippen LogP contribution in [0.15, 0.2) is 17.3 Å². The van der Waals surface area contributed by atoms with Crippen LogP contribution in [0.1, 0.15) is 25.7 Å². The van der Waals surface area contributed by atoms with Crippen LogP contribution in [0.2, 0.25) is 0 Å². The van der Waals surface area contributed by atoms with Crippen molar-refractivity contribution < 1.29 is 4.79 Å². The number of allylic oxidation sites excluding steroid dienone is 1. The number of hydrogen-bond acceptors (Lipinski definition) is 3. The maximum Gasteiger partial charge on any atom is 0.324 e. The van der Waals surface area contributed by atoms with Gasteiger partial charge >= 0.3 is 6.03 Å². The van der Waals surface area contributed by atoms with Gasteiger partial charge in [0.25, 0.3) is 0 Å². The predicted molar refractivity (Wildman–Crippen MR) is 67.5 cm³/mol. The van der Waals surface area contributed by atoms with E-state index in [0.717, 1.165) is 17.5 Å². The van der Waals surface area contributed by atoms with Crippen molar-refractivity contribution in [3.05, 3.63) is 12.3 Å². The molecular weight excluding hydrogens is 222 g/mol. The van der Waals surface area contributed by atoms with Gasteiger partial charge in [0.15, 0.2) is 5.17 Å². The number of amides is 2. The van der Waals surface area contributed by atoms with Crippen LogP contribution in [0.3, 0.4) is 0 Å². The number of thioether (sulfide) groups is 1. The fraction of sp³-hybridized carbons (Fsp3) is 0.636. The Bertz CT molecular complexity index is 308. The number of urea groups is 1. The Hall–Kier alpha value is -0.970. The molecule has 0 spiro atoms. The zero-order valence-electron chi connectivity index (χ0n) is 9.24. The topological polar surface area (TPSA) is 53.5 Å². The van der Waals surface area contributed by atoms with Gasteiger partial charge in [-0.05, 0) is 18.8 Å². The summed E-state index contributed by atoms with van der Waals surface area (Å²) >= 11 is 1.58. The number of nitrogens with zero attached hydrogens (tertiary/aromatic N) is 1. The summed E-state index contributed by atoms with van der Waals surface area (Å²) in [6.07, 6.45) is 8.98. The quantitative estimate of drug-likeness (QED) is 0.775. The molecule has 1 saturated carbocycles. The Morgan fingerprint density at radius 1 is 1.44 bits per heavy atom. The van der Waals surface area contributed by atoms with Crippen molar-refractivity contribution in [2.45, 2.75) is 25.7 Å². The molecule has 88 valence electrons. The maximum absolute atomic E-state index is 11.4. The molecule has 2 rings (SSSR count). The number of hydrogen-bond donors (Lipinski definition) is 2. The lowest BCUT2D eigenvalue weighted by molar-refractivity contribution is 0.248. The lowest BCUT2D eigenvalue weighted by atomic mass is 10.1. The number of amidine groups is 1. The minimum absolute atomic E-state index is 0.192. The molecule has 0 unspecified atom stereocenters. The van der Waals surface area contributed by atoms with Gasteiger partial charge in [0.2, 0.25) is 0 Å². The maximum atomic E-state index is 11.4. The van der Waals surface area contributed by atoms with E-state index in [1.165, 1.54) is 25.7 Å². The second kappa shape index (κ2) is 5.94. The van der Waals surface area contributed by atoms with E-state index >= 15 is 0 Å². The average molecular weight is 239 g/mol. The third-order valence-corrected chi connectivity index (χ3v) is 3.68. The fourth-order valence-electron chi connectivity index (χ4n) is 1.95. The van der Waals surface area contributed by atoms with Crippen molar-refractivity contribution in [3.8, 4) is 0 Å². The molecule has 5 heteroatoms. The van der Waals surface area contributed by atoms with Crippen LogP contribution in [0.4, 0.5) is 4.79 Å². The van der Waals surface area contributed by atoms with Gasteiger partial charge in [-0.1, -0.05) is 30.7 Å². The summed E-state index contributed by atoms with van der Waals surface area (Å²) in [7, 11) is 0. The van der Waals surface area contributed by atoms with Crippen molar-refractivity contribution in [3.63, 3.8) is 0 Å². The summed E-state index contributed by atoms with van der Waals surface area (Å²) in [5.74, 6) is 1.62. The first kappa shape index (κ1) is 11.5. The van der Waals surface area contributed by atoms with E-state index in [2.05, 4.69) is 21.7 Å². The molecule has 1 fully saturated rings. The Labute approximate surface area is 100.0 Å². The van der Waals surface area contributed by atoms with Crippen molar-refractivity contribution in [1.29, 1.82) is 0 Å². The highest BCUT2D eigenvalue weighted by Gasteiger charge is 2.12. The molecule has 2 N–H and O–H groups in total. The molecular formula is C11H17N3OS. The molecule has 16 heavy (non-hydrogen) atoms.